The van der Waals surface area contributed by atoms with Gasteiger partial charge in [-0.15, -0.1) is 0 Å². The summed E-state index contributed by atoms with van der Waals surface area (Å²) in [5.74, 6) is 5.39. The van der Waals surface area contributed by atoms with Crippen LogP contribution < -0.4 is 0 Å². The van der Waals surface area contributed by atoms with Gasteiger partial charge in [-0.05, 0) is 91.8 Å². The first-order valence-corrected chi connectivity index (χ1v) is 10.1. The summed E-state index contributed by atoms with van der Waals surface area (Å²) >= 11 is 0. The molecule has 4 aliphatic carbocycles. The van der Waals surface area contributed by atoms with Gasteiger partial charge in [0, 0.05) is 0 Å². The highest BCUT2D eigenvalue weighted by Crippen LogP contribution is 2.67. The van der Waals surface area contributed by atoms with E-state index in [2.05, 4.69) is 20.8 Å². The average Bonchev–Trinajstić information content (AvgIpc) is 2.83. The topological polar surface area (TPSA) is 0 Å². The molecule has 0 nitrogen and oxygen atoms in total. The smallest absolute Gasteiger partial charge is 0.0266 e. The molecule has 0 bridgehead atoms. The Morgan fingerprint density at radius 1 is 0.762 bits per heavy atom. The number of hydrogen-bond donors (Lipinski definition) is 0. The lowest BCUT2D eigenvalue weighted by Gasteiger charge is -2.60. The maximum Gasteiger partial charge on any atom is -0.0266 e. The third kappa shape index (κ3) is 1.93. The minimum Gasteiger partial charge on any atom is -0.0651 e. The van der Waals surface area contributed by atoms with E-state index in [9.17, 15) is 0 Å². The summed E-state index contributed by atoms with van der Waals surface area (Å²) in [6.45, 7) is 7.84. The summed E-state index contributed by atoms with van der Waals surface area (Å²) in [4.78, 5) is 0. The van der Waals surface area contributed by atoms with Crippen LogP contribution in [-0.4, -0.2) is 0 Å². The van der Waals surface area contributed by atoms with E-state index in [1.54, 1.807) is 51.4 Å². The van der Waals surface area contributed by atoms with Crippen molar-refractivity contribution in [1.82, 2.24) is 0 Å². The minimum absolute atomic E-state index is 0.716. The Morgan fingerprint density at radius 3 is 2.38 bits per heavy atom. The zero-order chi connectivity index (χ0) is 14.7. The van der Waals surface area contributed by atoms with Gasteiger partial charge in [-0.2, -0.15) is 0 Å². The Balaban J connectivity index is 1.62. The summed E-state index contributed by atoms with van der Waals surface area (Å²) in [5.41, 5.74) is 1.45. The van der Waals surface area contributed by atoms with E-state index in [4.69, 9.17) is 0 Å². The van der Waals surface area contributed by atoms with Crippen molar-refractivity contribution in [2.75, 3.05) is 0 Å². The van der Waals surface area contributed by atoms with Crippen LogP contribution in [0.3, 0.4) is 0 Å². The van der Waals surface area contributed by atoms with Gasteiger partial charge >= 0.3 is 0 Å². The first-order valence-electron chi connectivity index (χ1n) is 10.1. The molecular formula is C21H36. The van der Waals surface area contributed by atoms with Gasteiger partial charge in [-0.25, -0.2) is 0 Å². The third-order valence-electron chi connectivity index (χ3n) is 9.27. The van der Waals surface area contributed by atoms with E-state index in [1.807, 2.05) is 0 Å². The van der Waals surface area contributed by atoms with E-state index >= 15 is 0 Å². The average molecular weight is 289 g/mol. The van der Waals surface area contributed by atoms with E-state index in [-0.39, 0.29) is 0 Å². The maximum absolute atomic E-state index is 2.71. The van der Waals surface area contributed by atoms with Crippen molar-refractivity contribution in [1.29, 1.82) is 0 Å². The lowest BCUT2D eigenvalue weighted by Crippen LogP contribution is -2.52. The number of fused-ring (bicyclic) bond motifs is 5. The molecule has 21 heavy (non-hydrogen) atoms. The van der Waals surface area contributed by atoms with Gasteiger partial charge in [-0.1, -0.05) is 40.0 Å². The molecule has 0 aromatic heterocycles. The molecule has 0 aliphatic heterocycles. The van der Waals surface area contributed by atoms with Gasteiger partial charge in [0.1, 0.15) is 0 Å². The van der Waals surface area contributed by atoms with Gasteiger partial charge in [0.25, 0.3) is 0 Å². The van der Waals surface area contributed by atoms with E-state index < -0.39 is 0 Å². The van der Waals surface area contributed by atoms with Gasteiger partial charge < -0.3 is 0 Å². The molecule has 0 aromatic carbocycles. The molecule has 7 atom stereocenters. The van der Waals surface area contributed by atoms with Crippen LogP contribution in [-0.2, 0) is 0 Å². The standard InChI is InChI=1S/C21H36/c1-4-15-9-11-18-17-10-8-16-7-5-6-13-20(16,2)19(17)12-14-21(15,18)3/h15-19H,4-14H2,1-3H3/t15-,16-,17+,18-,19-,20+,21+/m1/s1. The lowest BCUT2D eigenvalue weighted by atomic mass is 9.45. The summed E-state index contributed by atoms with van der Waals surface area (Å²) < 4.78 is 0. The van der Waals surface area contributed by atoms with E-state index in [1.165, 1.54) is 19.3 Å². The van der Waals surface area contributed by atoms with Gasteiger partial charge in [0.15, 0.2) is 0 Å². The van der Waals surface area contributed by atoms with Gasteiger partial charge in [0.2, 0.25) is 0 Å². The Hall–Kier alpha value is 0. The Labute approximate surface area is 132 Å². The van der Waals surface area contributed by atoms with E-state index in [0.717, 1.165) is 35.0 Å². The Bertz CT molecular complexity index is 399. The van der Waals surface area contributed by atoms with Gasteiger partial charge in [-0.3, -0.25) is 0 Å². The zero-order valence-electron chi connectivity index (χ0n) is 14.7. The summed E-state index contributed by atoms with van der Waals surface area (Å²) in [5, 5.41) is 0. The minimum atomic E-state index is 0.716. The van der Waals surface area contributed by atoms with Crippen LogP contribution in [0.15, 0.2) is 0 Å². The Morgan fingerprint density at radius 2 is 1.57 bits per heavy atom. The van der Waals surface area contributed by atoms with Crippen molar-refractivity contribution in [3.63, 3.8) is 0 Å². The quantitative estimate of drug-likeness (QED) is 0.520. The second-order valence-corrected chi connectivity index (χ2v) is 9.63. The largest absolute Gasteiger partial charge is 0.0651 e. The first kappa shape index (κ1) is 14.6. The highest BCUT2D eigenvalue weighted by Gasteiger charge is 2.59. The predicted octanol–water partition coefficient (Wildman–Crippen LogP) is 6.45. The van der Waals surface area contributed by atoms with Crippen LogP contribution in [0, 0.1) is 40.4 Å². The zero-order valence-corrected chi connectivity index (χ0v) is 14.7. The molecule has 0 spiro atoms. The summed E-state index contributed by atoms with van der Waals surface area (Å²) in [6, 6.07) is 0. The van der Waals surface area contributed by atoms with Crippen LogP contribution in [0.5, 0.6) is 0 Å². The molecular weight excluding hydrogens is 252 g/mol. The van der Waals surface area contributed by atoms with Crippen molar-refractivity contribution in [3.05, 3.63) is 0 Å². The molecule has 0 saturated heterocycles. The highest BCUT2D eigenvalue weighted by molar-refractivity contribution is 5.08. The molecule has 0 unspecified atom stereocenters. The molecule has 4 rings (SSSR count). The second-order valence-electron chi connectivity index (χ2n) is 9.63. The number of hydrogen-bond acceptors (Lipinski definition) is 0. The molecule has 0 N–H and O–H groups in total. The molecule has 4 fully saturated rings. The summed E-state index contributed by atoms with van der Waals surface area (Å²) in [6.07, 6.45) is 17.0. The lowest BCUT2D eigenvalue weighted by molar-refractivity contribution is -0.110. The van der Waals surface area contributed by atoms with Crippen molar-refractivity contribution in [2.24, 2.45) is 40.4 Å². The predicted molar refractivity (Wildman–Crippen MR) is 90.1 cm³/mol. The van der Waals surface area contributed by atoms with Crippen molar-refractivity contribution >= 4 is 0 Å². The third-order valence-corrected chi connectivity index (χ3v) is 9.27. The normalized spacial score (nSPS) is 56.4. The van der Waals surface area contributed by atoms with Crippen LogP contribution in [0.25, 0.3) is 0 Å². The monoisotopic (exact) mass is 288 g/mol. The Kier molecular flexibility index (Phi) is 3.47. The van der Waals surface area contributed by atoms with Crippen LogP contribution in [0.1, 0.15) is 91.4 Å². The van der Waals surface area contributed by atoms with Crippen LogP contribution in [0.4, 0.5) is 0 Å². The van der Waals surface area contributed by atoms with Gasteiger partial charge in [0.05, 0.1) is 0 Å². The molecule has 0 heteroatoms. The van der Waals surface area contributed by atoms with Crippen LogP contribution in [0.2, 0.25) is 0 Å². The van der Waals surface area contributed by atoms with Crippen LogP contribution >= 0.6 is 0 Å². The molecule has 0 radical (unpaired) electrons. The molecule has 4 aliphatic rings. The molecule has 0 aromatic rings. The molecule has 120 valence electrons. The fourth-order valence-electron chi connectivity index (χ4n) is 8.07. The maximum atomic E-state index is 2.71. The fraction of sp³-hybridized carbons (Fsp3) is 1.00. The SMILES string of the molecule is CC[C@@H]1CC[C@@H]2[C@@H]3CC[C@H]4CCCC[C@]4(C)[C@@H]3CC[C@@]12C. The highest BCUT2D eigenvalue weighted by atomic mass is 14.6. The number of rotatable bonds is 1. The first-order chi connectivity index (χ1) is 10.1. The second kappa shape index (κ2) is 5.00. The summed E-state index contributed by atoms with van der Waals surface area (Å²) in [7, 11) is 0. The van der Waals surface area contributed by atoms with Crippen molar-refractivity contribution in [2.45, 2.75) is 91.4 Å². The molecule has 4 saturated carbocycles. The fourth-order valence-corrected chi connectivity index (χ4v) is 8.07. The van der Waals surface area contributed by atoms with Crippen molar-refractivity contribution < 1.29 is 0 Å². The molecule has 0 heterocycles. The molecule has 0 amide bonds. The van der Waals surface area contributed by atoms with Crippen molar-refractivity contribution in [3.8, 4) is 0 Å². The van der Waals surface area contributed by atoms with E-state index in [0.29, 0.717) is 5.41 Å².